The standard InChI is InChI=1S/C21H21FN8O2S/c22-15-6-2-1-4-13(15)12-30-21-14(5-3-7-25-21)16(28-30)20-26-18(23)17(19(24)27-20)29-8-10-33(31,32)11-9-29/h1-7H,8-12H2,(H4,23,24,26,27). The van der Waals surface area contributed by atoms with Crippen LogP contribution in [-0.2, 0) is 16.4 Å². The average Bonchev–Trinajstić information content (AvgIpc) is 3.14. The fourth-order valence-corrected chi connectivity index (χ4v) is 5.13. The molecule has 3 aromatic heterocycles. The van der Waals surface area contributed by atoms with Crippen molar-refractivity contribution in [2.24, 2.45) is 0 Å². The summed E-state index contributed by atoms with van der Waals surface area (Å²) in [7, 11) is -3.06. The van der Waals surface area contributed by atoms with Gasteiger partial charge in [-0.1, -0.05) is 18.2 Å². The van der Waals surface area contributed by atoms with Gasteiger partial charge >= 0.3 is 0 Å². The lowest BCUT2D eigenvalue weighted by Crippen LogP contribution is -2.41. The van der Waals surface area contributed by atoms with E-state index in [-0.39, 0.29) is 54.4 Å². The molecule has 0 spiro atoms. The second kappa shape index (κ2) is 7.96. The Morgan fingerprint density at radius 2 is 1.70 bits per heavy atom. The largest absolute Gasteiger partial charge is 0.382 e. The summed E-state index contributed by atoms with van der Waals surface area (Å²) in [6, 6.07) is 10.0. The SMILES string of the molecule is Nc1nc(-c2nn(Cc3ccccc3F)c3ncccc23)nc(N)c1N1CCS(=O)(=O)CC1. The molecule has 1 aliphatic rings. The van der Waals surface area contributed by atoms with E-state index in [2.05, 4.69) is 20.1 Å². The van der Waals surface area contributed by atoms with Gasteiger partial charge in [0.05, 0.1) is 23.4 Å². The van der Waals surface area contributed by atoms with Gasteiger partial charge < -0.3 is 16.4 Å². The number of anilines is 3. The number of nitrogens with two attached hydrogens (primary N) is 2. The van der Waals surface area contributed by atoms with E-state index < -0.39 is 9.84 Å². The molecule has 4 aromatic rings. The van der Waals surface area contributed by atoms with Crippen LogP contribution in [0.1, 0.15) is 5.56 Å². The zero-order chi connectivity index (χ0) is 23.2. The summed E-state index contributed by atoms with van der Waals surface area (Å²) in [5.41, 5.74) is 14.3. The summed E-state index contributed by atoms with van der Waals surface area (Å²) >= 11 is 0. The lowest BCUT2D eigenvalue weighted by Gasteiger charge is -2.29. The van der Waals surface area contributed by atoms with Crippen LogP contribution >= 0.6 is 0 Å². The maximum atomic E-state index is 14.2. The molecule has 1 aliphatic heterocycles. The van der Waals surface area contributed by atoms with Gasteiger partial charge in [-0.15, -0.1) is 0 Å². The zero-order valence-corrected chi connectivity index (χ0v) is 18.3. The van der Waals surface area contributed by atoms with Gasteiger partial charge in [-0.05, 0) is 18.2 Å². The van der Waals surface area contributed by atoms with E-state index in [4.69, 9.17) is 11.5 Å². The average molecular weight is 469 g/mol. The first-order valence-electron chi connectivity index (χ1n) is 10.3. The van der Waals surface area contributed by atoms with E-state index in [1.165, 1.54) is 6.07 Å². The molecule has 4 heterocycles. The lowest BCUT2D eigenvalue weighted by atomic mass is 10.2. The van der Waals surface area contributed by atoms with Crippen LogP contribution in [0.5, 0.6) is 0 Å². The van der Waals surface area contributed by atoms with Crippen LogP contribution in [0.2, 0.25) is 0 Å². The van der Waals surface area contributed by atoms with Gasteiger partial charge in [0.15, 0.2) is 32.9 Å². The minimum atomic E-state index is -3.06. The Kier molecular flexibility index (Phi) is 5.08. The fraction of sp³-hybridized carbons (Fsp3) is 0.238. The minimum Gasteiger partial charge on any atom is -0.382 e. The highest BCUT2D eigenvalue weighted by atomic mass is 32.2. The van der Waals surface area contributed by atoms with Crippen LogP contribution in [0.25, 0.3) is 22.6 Å². The molecule has 10 nitrogen and oxygen atoms in total. The molecule has 0 aliphatic carbocycles. The van der Waals surface area contributed by atoms with Crippen LogP contribution in [0.4, 0.5) is 21.7 Å². The first kappa shape index (κ1) is 21.1. The molecule has 0 atom stereocenters. The van der Waals surface area contributed by atoms with E-state index in [1.54, 1.807) is 40.0 Å². The van der Waals surface area contributed by atoms with Gasteiger partial charge in [-0.3, -0.25) is 0 Å². The quantitative estimate of drug-likeness (QED) is 0.454. The second-order valence-electron chi connectivity index (χ2n) is 7.78. The number of halogens is 1. The van der Waals surface area contributed by atoms with Gasteiger partial charge in [0.25, 0.3) is 0 Å². The number of aromatic nitrogens is 5. The molecule has 4 N–H and O–H groups in total. The van der Waals surface area contributed by atoms with Crippen LogP contribution in [0.15, 0.2) is 42.6 Å². The molecule has 33 heavy (non-hydrogen) atoms. The van der Waals surface area contributed by atoms with Crippen molar-refractivity contribution in [3.8, 4) is 11.5 Å². The third kappa shape index (κ3) is 3.93. The van der Waals surface area contributed by atoms with Crippen molar-refractivity contribution >= 4 is 38.2 Å². The summed E-state index contributed by atoms with van der Waals surface area (Å²) < 4.78 is 39.3. The number of rotatable bonds is 4. The van der Waals surface area contributed by atoms with Gasteiger partial charge in [0.2, 0.25) is 0 Å². The molecule has 1 aromatic carbocycles. The van der Waals surface area contributed by atoms with Crippen molar-refractivity contribution in [1.82, 2.24) is 24.7 Å². The number of hydrogen-bond acceptors (Lipinski definition) is 9. The molecule has 0 amide bonds. The van der Waals surface area contributed by atoms with Crippen molar-refractivity contribution < 1.29 is 12.8 Å². The molecular weight excluding hydrogens is 447 g/mol. The Morgan fingerprint density at radius 3 is 2.39 bits per heavy atom. The van der Waals surface area contributed by atoms with E-state index in [1.807, 2.05) is 6.07 Å². The van der Waals surface area contributed by atoms with E-state index >= 15 is 0 Å². The number of nitrogens with zero attached hydrogens (tertiary/aromatic N) is 6. The Bertz CT molecular complexity index is 1430. The topological polar surface area (TPSA) is 146 Å². The number of sulfone groups is 1. The highest BCUT2D eigenvalue weighted by Gasteiger charge is 2.27. The number of fused-ring (bicyclic) bond motifs is 1. The number of hydrogen-bond donors (Lipinski definition) is 2. The Labute approximate surface area is 189 Å². The van der Waals surface area contributed by atoms with Crippen molar-refractivity contribution in [2.75, 3.05) is 41.0 Å². The monoisotopic (exact) mass is 468 g/mol. The normalized spacial score (nSPS) is 15.7. The summed E-state index contributed by atoms with van der Waals surface area (Å²) in [5.74, 6) is 0.185. The van der Waals surface area contributed by atoms with Gasteiger partial charge in [0, 0.05) is 24.8 Å². The van der Waals surface area contributed by atoms with Gasteiger partial charge in [0.1, 0.15) is 17.2 Å². The maximum absolute atomic E-state index is 14.2. The molecule has 1 saturated heterocycles. The lowest BCUT2D eigenvalue weighted by molar-refractivity contribution is 0.586. The smallest absolute Gasteiger partial charge is 0.184 e. The number of nitrogen functional groups attached to an aromatic ring is 2. The minimum absolute atomic E-state index is 0.0182. The molecule has 0 radical (unpaired) electrons. The van der Waals surface area contributed by atoms with Crippen LogP contribution in [0.3, 0.4) is 0 Å². The van der Waals surface area contributed by atoms with Crippen LogP contribution in [0, 0.1) is 5.82 Å². The summed E-state index contributed by atoms with van der Waals surface area (Å²) in [6.07, 6.45) is 1.63. The predicted molar refractivity (Wildman–Crippen MR) is 124 cm³/mol. The van der Waals surface area contributed by atoms with Crippen molar-refractivity contribution in [3.05, 3.63) is 54.0 Å². The Morgan fingerprint density at radius 1 is 1.00 bits per heavy atom. The second-order valence-corrected chi connectivity index (χ2v) is 10.1. The summed E-state index contributed by atoms with van der Waals surface area (Å²) in [4.78, 5) is 15.0. The van der Waals surface area contributed by atoms with Crippen LogP contribution in [-0.4, -0.2) is 57.7 Å². The molecule has 0 saturated carbocycles. The highest BCUT2D eigenvalue weighted by Crippen LogP contribution is 2.33. The first-order chi connectivity index (χ1) is 15.8. The zero-order valence-electron chi connectivity index (χ0n) is 17.5. The summed E-state index contributed by atoms with van der Waals surface area (Å²) in [6.45, 7) is 0.707. The highest BCUT2D eigenvalue weighted by molar-refractivity contribution is 7.91. The van der Waals surface area contributed by atoms with Gasteiger partial charge in [-0.25, -0.2) is 32.4 Å². The Hall–Kier alpha value is -3.80. The molecule has 0 unspecified atom stereocenters. The Balaban J connectivity index is 1.55. The number of pyridine rings is 1. The molecule has 12 heteroatoms. The molecule has 5 rings (SSSR count). The maximum Gasteiger partial charge on any atom is 0.184 e. The van der Waals surface area contributed by atoms with E-state index in [0.29, 0.717) is 28.0 Å². The molecule has 0 bridgehead atoms. The van der Waals surface area contributed by atoms with E-state index in [9.17, 15) is 12.8 Å². The van der Waals surface area contributed by atoms with E-state index in [0.717, 1.165) is 0 Å². The molecule has 170 valence electrons. The number of benzene rings is 1. The third-order valence-corrected chi connectivity index (χ3v) is 7.20. The van der Waals surface area contributed by atoms with Crippen LogP contribution < -0.4 is 16.4 Å². The first-order valence-corrected chi connectivity index (χ1v) is 12.1. The third-order valence-electron chi connectivity index (χ3n) is 5.60. The van der Waals surface area contributed by atoms with Crippen molar-refractivity contribution in [2.45, 2.75) is 6.54 Å². The fourth-order valence-electron chi connectivity index (χ4n) is 3.93. The summed E-state index contributed by atoms with van der Waals surface area (Å²) in [5, 5.41) is 5.27. The van der Waals surface area contributed by atoms with Crippen molar-refractivity contribution in [1.29, 1.82) is 0 Å². The van der Waals surface area contributed by atoms with Gasteiger partial charge in [-0.2, -0.15) is 5.10 Å². The molecular formula is C21H21FN8O2S. The van der Waals surface area contributed by atoms with Crippen molar-refractivity contribution in [3.63, 3.8) is 0 Å². The predicted octanol–water partition coefficient (Wildman–Crippen LogP) is 1.47. The molecule has 1 fully saturated rings.